The lowest BCUT2D eigenvalue weighted by Gasteiger charge is -2.21. The summed E-state index contributed by atoms with van der Waals surface area (Å²) >= 11 is 0. The fourth-order valence-electron chi connectivity index (χ4n) is 2.38. The molecule has 0 bridgehead atoms. The maximum Gasteiger partial charge on any atom is 0.246 e. The van der Waals surface area contributed by atoms with Gasteiger partial charge in [0.25, 0.3) is 0 Å². The molecule has 1 aromatic heterocycles. The number of likely N-dealkylation sites (tertiary alicyclic amines) is 1. The Morgan fingerprint density at radius 3 is 2.76 bits per heavy atom. The minimum absolute atomic E-state index is 0.0196. The van der Waals surface area contributed by atoms with Crippen molar-refractivity contribution in [2.75, 3.05) is 18.8 Å². The summed E-state index contributed by atoms with van der Waals surface area (Å²) in [6.07, 6.45) is 2.77. The molecule has 1 aliphatic heterocycles. The van der Waals surface area contributed by atoms with Gasteiger partial charge in [-0.25, -0.2) is 13.1 Å². The molecule has 0 aromatic carbocycles. The van der Waals surface area contributed by atoms with Gasteiger partial charge in [-0.2, -0.15) is 5.10 Å². The molecule has 0 radical (unpaired) electrons. The van der Waals surface area contributed by atoms with Crippen LogP contribution >= 0.6 is 0 Å². The molecule has 9 heteroatoms. The van der Waals surface area contributed by atoms with E-state index in [1.54, 1.807) is 11.8 Å². The smallest absolute Gasteiger partial charge is 0.246 e. The number of anilines is 1. The van der Waals surface area contributed by atoms with E-state index in [0.29, 0.717) is 26.1 Å². The van der Waals surface area contributed by atoms with Gasteiger partial charge in [0.2, 0.25) is 15.9 Å². The number of rotatable bonds is 6. The largest absolute Gasteiger partial charge is 0.381 e. The van der Waals surface area contributed by atoms with Crippen molar-refractivity contribution in [3.63, 3.8) is 0 Å². The van der Waals surface area contributed by atoms with Crippen LogP contribution in [0.4, 0.5) is 5.82 Å². The van der Waals surface area contributed by atoms with E-state index >= 15 is 0 Å². The van der Waals surface area contributed by atoms with Crippen molar-refractivity contribution in [1.82, 2.24) is 19.4 Å². The predicted molar refractivity (Wildman–Crippen MR) is 77.9 cm³/mol. The summed E-state index contributed by atoms with van der Waals surface area (Å²) in [6.45, 7) is 5.15. The number of carbonyl (C=O) groups excluding carboxylic acids is 1. The third kappa shape index (κ3) is 3.53. The lowest BCUT2D eigenvalue weighted by atomic mass is 10.3. The van der Waals surface area contributed by atoms with E-state index in [0.717, 1.165) is 6.42 Å². The second-order valence-corrected chi connectivity index (χ2v) is 6.88. The number of amides is 1. The maximum atomic E-state index is 12.3. The molecule has 1 saturated heterocycles. The van der Waals surface area contributed by atoms with E-state index < -0.39 is 10.0 Å². The Bertz CT molecular complexity index is 625. The molecule has 1 aromatic rings. The van der Waals surface area contributed by atoms with Crippen LogP contribution in [0.2, 0.25) is 0 Å². The van der Waals surface area contributed by atoms with Gasteiger partial charge in [-0.1, -0.05) is 0 Å². The van der Waals surface area contributed by atoms with Crippen LogP contribution in [0.15, 0.2) is 11.1 Å². The number of aryl methyl sites for hydroxylation is 1. The molecule has 1 amide bonds. The molecule has 2 rings (SSSR count). The Labute approximate surface area is 124 Å². The summed E-state index contributed by atoms with van der Waals surface area (Å²) in [6, 6.07) is -0.388. The minimum atomic E-state index is -3.73. The van der Waals surface area contributed by atoms with Crippen LogP contribution in [0, 0.1) is 0 Å². The van der Waals surface area contributed by atoms with E-state index in [4.69, 9.17) is 5.73 Å². The zero-order valence-corrected chi connectivity index (χ0v) is 13.1. The highest BCUT2D eigenvalue weighted by Crippen LogP contribution is 2.17. The maximum absolute atomic E-state index is 12.3. The van der Waals surface area contributed by atoms with Gasteiger partial charge in [0, 0.05) is 38.3 Å². The fraction of sp³-hybridized carbons (Fsp3) is 0.667. The molecule has 0 saturated carbocycles. The van der Waals surface area contributed by atoms with Crippen molar-refractivity contribution in [1.29, 1.82) is 0 Å². The normalized spacial score (nSPS) is 17.4. The minimum Gasteiger partial charge on any atom is -0.381 e. The van der Waals surface area contributed by atoms with Crippen LogP contribution in [-0.2, 0) is 21.4 Å². The second kappa shape index (κ2) is 6.02. The van der Waals surface area contributed by atoms with Crippen molar-refractivity contribution >= 4 is 21.7 Å². The molecule has 2 heterocycles. The molecule has 8 nitrogen and oxygen atoms in total. The van der Waals surface area contributed by atoms with Gasteiger partial charge in [-0.3, -0.25) is 9.48 Å². The number of hydrogen-bond donors (Lipinski definition) is 2. The lowest BCUT2D eigenvalue weighted by Crippen LogP contribution is -2.42. The van der Waals surface area contributed by atoms with Crippen LogP contribution in [-0.4, -0.2) is 48.1 Å². The van der Waals surface area contributed by atoms with Gasteiger partial charge in [0.15, 0.2) is 5.82 Å². The quantitative estimate of drug-likeness (QED) is 0.753. The van der Waals surface area contributed by atoms with Gasteiger partial charge in [0.1, 0.15) is 4.90 Å². The van der Waals surface area contributed by atoms with Crippen molar-refractivity contribution in [2.24, 2.45) is 0 Å². The molecular weight excluding hydrogens is 294 g/mol. The topological polar surface area (TPSA) is 110 Å². The standard InChI is InChI=1S/C12H21N5O3S/c1-3-17-8-10(12(13)14-17)21(19,20)15-9(2)7-16-6-4-5-11(16)18/h8-9,15H,3-7H2,1-2H3,(H2,13,14). The molecule has 1 unspecified atom stereocenters. The monoisotopic (exact) mass is 315 g/mol. The molecule has 118 valence electrons. The van der Waals surface area contributed by atoms with Crippen molar-refractivity contribution < 1.29 is 13.2 Å². The summed E-state index contributed by atoms with van der Waals surface area (Å²) in [5.74, 6) is 0.0492. The SMILES string of the molecule is CCn1cc(S(=O)(=O)NC(C)CN2CCCC2=O)c(N)n1. The van der Waals surface area contributed by atoms with Crippen LogP contribution in [0.25, 0.3) is 0 Å². The van der Waals surface area contributed by atoms with Gasteiger partial charge >= 0.3 is 0 Å². The first-order valence-corrected chi connectivity index (χ1v) is 8.45. The van der Waals surface area contributed by atoms with Gasteiger partial charge in [0.05, 0.1) is 0 Å². The van der Waals surface area contributed by atoms with Crippen LogP contribution < -0.4 is 10.5 Å². The molecule has 0 spiro atoms. The molecule has 1 fully saturated rings. The first-order valence-electron chi connectivity index (χ1n) is 6.96. The van der Waals surface area contributed by atoms with E-state index in [2.05, 4.69) is 9.82 Å². The van der Waals surface area contributed by atoms with Crippen molar-refractivity contribution in [3.8, 4) is 0 Å². The predicted octanol–water partition coefficient (Wildman–Crippen LogP) is -0.226. The average molecular weight is 315 g/mol. The van der Waals surface area contributed by atoms with Crippen LogP contribution in [0.5, 0.6) is 0 Å². The first-order chi connectivity index (χ1) is 9.83. The average Bonchev–Trinajstić information content (AvgIpc) is 2.96. The van der Waals surface area contributed by atoms with E-state index in [-0.39, 0.29) is 22.7 Å². The van der Waals surface area contributed by atoms with E-state index in [1.165, 1.54) is 10.9 Å². The van der Waals surface area contributed by atoms with Gasteiger partial charge < -0.3 is 10.6 Å². The van der Waals surface area contributed by atoms with E-state index in [1.807, 2.05) is 6.92 Å². The van der Waals surface area contributed by atoms with Crippen molar-refractivity contribution in [3.05, 3.63) is 6.20 Å². The number of nitrogen functional groups attached to an aromatic ring is 1. The summed E-state index contributed by atoms with van der Waals surface area (Å²) in [5.41, 5.74) is 5.65. The number of aromatic nitrogens is 2. The zero-order chi connectivity index (χ0) is 15.6. The highest BCUT2D eigenvalue weighted by Gasteiger charge is 2.26. The summed E-state index contributed by atoms with van der Waals surface area (Å²) in [7, 11) is -3.73. The number of sulfonamides is 1. The third-order valence-electron chi connectivity index (χ3n) is 3.39. The Morgan fingerprint density at radius 2 is 2.24 bits per heavy atom. The van der Waals surface area contributed by atoms with E-state index in [9.17, 15) is 13.2 Å². The molecule has 1 aliphatic rings. The Kier molecular flexibility index (Phi) is 4.52. The highest BCUT2D eigenvalue weighted by molar-refractivity contribution is 7.89. The third-order valence-corrected chi connectivity index (χ3v) is 5.00. The Morgan fingerprint density at radius 1 is 1.52 bits per heavy atom. The Balaban J connectivity index is 2.06. The molecule has 3 N–H and O–H groups in total. The zero-order valence-electron chi connectivity index (χ0n) is 12.2. The number of nitrogens with zero attached hydrogens (tertiary/aromatic N) is 3. The Hall–Kier alpha value is -1.61. The van der Waals surface area contributed by atoms with Crippen LogP contribution in [0.1, 0.15) is 26.7 Å². The summed E-state index contributed by atoms with van der Waals surface area (Å²) < 4.78 is 28.6. The first kappa shape index (κ1) is 15.8. The molecule has 0 aliphatic carbocycles. The number of nitrogens with two attached hydrogens (primary N) is 1. The fourth-order valence-corrected chi connectivity index (χ4v) is 3.69. The van der Waals surface area contributed by atoms with Crippen molar-refractivity contribution in [2.45, 2.75) is 44.2 Å². The lowest BCUT2D eigenvalue weighted by molar-refractivity contribution is -0.127. The molecule has 1 atom stereocenters. The van der Waals surface area contributed by atoms with Gasteiger partial charge in [-0.15, -0.1) is 0 Å². The second-order valence-electron chi connectivity index (χ2n) is 5.20. The molecule has 21 heavy (non-hydrogen) atoms. The van der Waals surface area contributed by atoms with Crippen LogP contribution in [0.3, 0.4) is 0 Å². The highest BCUT2D eigenvalue weighted by atomic mass is 32.2. The summed E-state index contributed by atoms with van der Waals surface area (Å²) in [5, 5.41) is 3.93. The number of nitrogens with one attached hydrogen (secondary N) is 1. The number of hydrogen-bond acceptors (Lipinski definition) is 5. The summed E-state index contributed by atoms with van der Waals surface area (Å²) in [4.78, 5) is 13.2. The van der Waals surface area contributed by atoms with Gasteiger partial charge in [-0.05, 0) is 20.3 Å². The molecular formula is C12H21N5O3S. The number of carbonyl (C=O) groups is 1.